The van der Waals surface area contributed by atoms with E-state index in [1.807, 2.05) is 11.3 Å². The Morgan fingerprint density at radius 1 is 0.302 bits per heavy atom. The average molecular weight is 822 g/mol. The molecule has 0 fully saturated rings. The smallest absolute Gasteiger partial charge is 0.240 e. The van der Waals surface area contributed by atoms with Crippen LogP contribution in [0.1, 0.15) is 0 Å². The minimum atomic E-state index is 0.550. The highest BCUT2D eigenvalue weighted by molar-refractivity contribution is 7.26. The molecule has 0 amide bonds. The maximum absolute atomic E-state index is 5.50. The molecule has 13 aromatic rings. The van der Waals surface area contributed by atoms with Crippen molar-refractivity contribution in [3.63, 3.8) is 0 Å². The molecule has 4 aromatic heterocycles. The van der Waals surface area contributed by atoms with E-state index in [9.17, 15) is 0 Å². The normalized spacial score (nSPS) is 11.8. The number of para-hydroxylation sites is 2. The van der Waals surface area contributed by atoms with Crippen LogP contribution in [0.5, 0.6) is 0 Å². The van der Waals surface area contributed by atoms with Gasteiger partial charge in [-0.2, -0.15) is 15.0 Å². The van der Waals surface area contributed by atoms with E-state index in [0.717, 1.165) is 77.0 Å². The molecule has 0 aliphatic carbocycles. The number of benzene rings is 9. The van der Waals surface area contributed by atoms with Gasteiger partial charge in [0.2, 0.25) is 11.9 Å². The Bertz CT molecular complexity index is 3740. The minimum Gasteiger partial charge on any atom is -0.278 e. The standard InChI is InChI=1S/C57H35N5S/c1-3-15-36(16-4-1)38-29-31-45-43-21-7-10-26-49(43)61(51(45)34-38)56-58-55(41-20-13-19-40(33-41)42-24-14-25-48-47-23-9-12-28-53(47)63-54(42)48)59-57(60-56)62-50-27-11-8-22-44(50)46-32-30-39(35-52(46)62)37-17-5-2-6-18-37/h1-35H. The van der Waals surface area contributed by atoms with Crippen LogP contribution in [0.3, 0.4) is 0 Å². The summed E-state index contributed by atoms with van der Waals surface area (Å²) in [6, 6.07) is 75.6. The first-order chi connectivity index (χ1) is 31.2. The van der Waals surface area contributed by atoms with Crippen LogP contribution in [0.15, 0.2) is 212 Å². The molecule has 0 aliphatic heterocycles. The van der Waals surface area contributed by atoms with Gasteiger partial charge in [-0.05, 0) is 69.8 Å². The second-order valence-corrected chi connectivity index (χ2v) is 17.1. The van der Waals surface area contributed by atoms with E-state index >= 15 is 0 Å². The Hall–Kier alpha value is -8.19. The van der Waals surface area contributed by atoms with Gasteiger partial charge in [-0.1, -0.05) is 176 Å². The quantitative estimate of drug-likeness (QED) is 0.168. The molecule has 5 nitrogen and oxygen atoms in total. The number of rotatable bonds is 6. The summed E-state index contributed by atoms with van der Waals surface area (Å²) in [5, 5.41) is 7.10. The predicted octanol–water partition coefficient (Wildman–Crippen LogP) is 15.1. The van der Waals surface area contributed by atoms with Crippen molar-refractivity contribution in [1.82, 2.24) is 24.1 Å². The Labute approximate surface area is 366 Å². The first kappa shape index (κ1) is 35.6. The van der Waals surface area contributed by atoms with Gasteiger partial charge in [0, 0.05) is 47.3 Å². The molecule has 294 valence electrons. The maximum atomic E-state index is 5.50. The van der Waals surface area contributed by atoms with E-state index in [1.54, 1.807) is 0 Å². The van der Waals surface area contributed by atoms with Gasteiger partial charge in [0.25, 0.3) is 0 Å². The lowest BCUT2D eigenvalue weighted by Gasteiger charge is -2.14. The average Bonchev–Trinajstić information content (AvgIpc) is 4.02. The van der Waals surface area contributed by atoms with Crippen LogP contribution in [0.2, 0.25) is 0 Å². The van der Waals surface area contributed by atoms with E-state index in [1.165, 1.54) is 25.7 Å². The lowest BCUT2D eigenvalue weighted by molar-refractivity contribution is 0.893. The summed E-state index contributed by atoms with van der Waals surface area (Å²) in [6.45, 7) is 0. The van der Waals surface area contributed by atoms with Crippen molar-refractivity contribution in [2.75, 3.05) is 0 Å². The monoisotopic (exact) mass is 821 g/mol. The van der Waals surface area contributed by atoms with Crippen LogP contribution in [0.4, 0.5) is 0 Å². The lowest BCUT2D eigenvalue weighted by Crippen LogP contribution is -2.10. The molecular formula is C57H35N5S. The fourth-order valence-electron chi connectivity index (χ4n) is 9.48. The molecule has 0 N–H and O–H groups in total. The fourth-order valence-corrected chi connectivity index (χ4v) is 10.7. The van der Waals surface area contributed by atoms with Gasteiger partial charge in [-0.3, -0.25) is 9.13 Å². The van der Waals surface area contributed by atoms with Crippen molar-refractivity contribution in [2.24, 2.45) is 0 Å². The van der Waals surface area contributed by atoms with Crippen LogP contribution in [0.25, 0.3) is 120 Å². The summed E-state index contributed by atoms with van der Waals surface area (Å²) in [5.41, 5.74) is 11.9. The second-order valence-electron chi connectivity index (χ2n) is 16.0. The van der Waals surface area contributed by atoms with E-state index in [4.69, 9.17) is 15.0 Å². The van der Waals surface area contributed by atoms with E-state index in [0.29, 0.717) is 17.7 Å². The molecule has 6 heteroatoms. The third-order valence-electron chi connectivity index (χ3n) is 12.4. The third-order valence-corrected chi connectivity index (χ3v) is 13.6. The molecule has 0 unspecified atom stereocenters. The van der Waals surface area contributed by atoms with Crippen molar-refractivity contribution in [1.29, 1.82) is 0 Å². The van der Waals surface area contributed by atoms with Gasteiger partial charge in [0.1, 0.15) is 0 Å². The van der Waals surface area contributed by atoms with Gasteiger partial charge in [-0.15, -0.1) is 11.3 Å². The molecule has 4 heterocycles. The van der Waals surface area contributed by atoms with Gasteiger partial charge < -0.3 is 0 Å². The summed E-state index contributed by atoms with van der Waals surface area (Å²) in [6.07, 6.45) is 0. The Kier molecular flexibility index (Phi) is 8.01. The van der Waals surface area contributed by atoms with E-state index in [2.05, 4.69) is 221 Å². The second kappa shape index (κ2) is 14.2. The lowest BCUT2D eigenvalue weighted by atomic mass is 10.0. The summed E-state index contributed by atoms with van der Waals surface area (Å²) in [4.78, 5) is 16.4. The summed E-state index contributed by atoms with van der Waals surface area (Å²) in [7, 11) is 0. The molecule has 63 heavy (non-hydrogen) atoms. The number of hydrogen-bond acceptors (Lipinski definition) is 4. The van der Waals surface area contributed by atoms with Crippen molar-refractivity contribution in [2.45, 2.75) is 0 Å². The SMILES string of the molecule is c1ccc(-c2ccc3c4ccccc4n(-c4nc(-c5cccc(-c6cccc7c6sc6ccccc67)c5)nc(-n5c6ccccc6c6ccc(-c7ccccc7)cc65)n4)c3c2)cc1. The van der Waals surface area contributed by atoms with E-state index < -0.39 is 0 Å². The summed E-state index contributed by atoms with van der Waals surface area (Å²) < 4.78 is 6.99. The Morgan fingerprint density at radius 2 is 0.778 bits per heavy atom. The number of nitrogens with zero attached hydrogens (tertiary/aromatic N) is 5. The highest BCUT2D eigenvalue weighted by Gasteiger charge is 2.22. The highest BCUT2D eigenvalue weighted by Crippen LogP contribution is 2.41. The zero-order valence-corrected chi connectivity index (χ0v) is 34.7. The molecule has 9 aromatic carbocycles. The summed E-state index contributed by atoms with van der Waals surface area (Å²) in [5.74, 6) is 1.69. The van der Waals surface area contributed by atoms with Crippen molar-refractivity contribution < 1.29 is 0 Å². The fraction of sp³-hybridized carbons (Fsp3) is 0. The Morgan fingerprint density at radius 3 is 1.40 bits per heavy atom. The van der Waals surface area contributed by atoms with Crippen LogP contribution < -0.4 is 0 Å². The number of thiophene rings is 1. The predicted molar refractivity (Wildman–Crippen MR) is 263 cm³/mol. The van der Waals surface area contributed by atoms with Crippen LogP contribution >= 0.6 is 11.3 Å². The molecule has 0 saturated heterocycles. The molecule has 0 aliphatic rings. The largest absolute Gasteiger partial charge is 0.278 e. The third kappa shape index (κ3) is 5.73. The van der Waals surface area contributed by atoms with Gasteiger partial charge in [0.15, 0.2) is 5.82 Å². The molecule has 13 rings (SSSR count). The molecule has 0 radical (unpaired) electrons. The number of fused-ring (bicyclic) bond motifs is 9. The molecule has 0 atom stereocenters. The van der Waals surface area contributed by atoms with Crippen molar-refractivity contribution in [3.05, 3.63) is 212 Å². The van der Waals surface area contributed by atoms with Crippen LogP contribution in [-0.4, -0.2) is 24.1 Å². The van der Waals surface area contributed by atoms with Gasteiger partial charge >= 0.3 is 0 Å². The first-order valence-electron chi connectivity index (χ1n) is 21.2. The molecule has 0 saturated carbocycles. The minimum absolute atomic E-state index is 0.550. The first-order valence-corrected chi connectivity index (χ1v) is 22.0. The van der Waals surface area contributed by atoms with Crippen LogP contribution in [-0.2, 0) is 0 Å². The summed E-state index contributed by atoms with van der Waals surface area (Å²) >= 11 is 1.84. The number of hydrogen-bond donors (Lipinski definition) is 0. The van der Waals surface area contributed by atoms with Crippen LogP contribution in [0, 0.1) is 0 Å². The highest BCUT2D eigenvalue weighted by atomic mass is 32.1. The topological polar surface area (TPSA) is 48.5 Å². The molecule has 0 bridgehead atoms. The van der Waals surface area contributed by atoms with Crippen molar-refractivity contribution in [3.8, 4) is 56.7 Å². The molecular weight excluding hydrogens is 787 g/mol. The van der Waals surface area contributed by atoms with Gasteiger partial charge in [-0.25, -0.2) is 0 Å². The zero-order chi connectivity index (χ0) is 41.4. The maximum Gasteiger partial charge on any atom is 0.240 e. The molecule has 0 spiro atoms. The Balaban J connectivity index is 1.09. The number of aromatic nitrogens is 5. The van der Waals surface area contributed by atoms with Gasteiger partial charge in [0.05, 0.1) is 22.1 Å². The van der Waals surface area contributed by atoms with Crippen molar-refractivity contribution >= 4 is 75.1 Å². The van der Waals surface area contributed by atoms with E-state index in [-0.39, 0.29) is 0 Å². The zero-order valence-electron chi connectivity index (χ0n) is 33.9.